The van der Waals surface area contributed by atoms with Gasteiger partial charge in [-0.05, 0) is 0 Å². The van der Waals surface area contributed by atoms with E-state index in [-0.39, 0.29) is 30.7 Å². The number of alkyl halides is 3. The molecule has 0 aromatic carbocycles. The molecule has 0 bridgehead atoms. The van der Waals surface area contributed by atoms with Crippen molar-refractivity contribution in [2.75, 3.05) is 0 Å². The number of allylic oxidation sites excluding steroid dienone is 6. The van der Waals surface area contributed by atoms with Gasteiger partial charge < -0.3 is 0 Å². The Bertz CT molecular complexity index is 482. The minimum absolute atomic E-state index is 0.00892. The van der Waals surface area contributed by atoms with E-state index in [1.54, 1.807) is 0 Å². The van der Waals surface area contributed by atoms with Crippen molar-refractivity contribution in [2.45, 2.75) is 9.21 Å². The van der Waals surface area contributed by atoms with Crippen molar-refractivity contribution in [3.63, 3.8) is 0 Å². The summed E-state index contributed by atoms with van der Waals surface area (Å²) in [6, 6.07) is 0. The van der Waals surface area contributed by atoms with Gasteiger partial charge >= 0.3 is 0 Å². The fourth-order valence-corrected chi connectivity index (χ4v) is 4.66. The van der Waals surface area contributed by atoms with E-state index in [1.165, 1.54) is 0 Å². The maximum absolute atomic E-state index is 6.28. The quantitative estimate of drug-likeness (QED) is 0.450. The van der Waals surface area contributed by atoms with E-state index in [0.29, 0.717) is 0 Å². The summed E-state index contributed by atoms with van der Waals surface area (Å²) in [5.74, 6) is 0. The van der Waals surface area contributed by atoms with Crippen LogP contribution in [0, 0.1) is 0 Å². The van der Waals surface area contributed by atoms with Gasteiger partial charge in [0.2, 0.25) is 0 Å². The maximum atomic E-state index is 6.28. The summed E-state index contributed by atoms with van der Waals surface area (Å²) in [6.45, 7) is 0. The van der Waals surface area contributed by atoms with Crippen LogP contribution in [0.4, 0.5) is 0 Å². The van der Waals surface area contributed by atoms with E-state index < -0.39 is 9.21 Å². The van der Waals surface area contributed by atoms with Crippen LogP contribution in [-0.2, 0) is 0 Å². The fraction of sp³-hybridized carbons (Fsp3) is 0.250. The Morgan fingerprint density at radius 3 is 1.56 bits per heavy atom. The molecule has 8 heteroatoms. The predicted molar refractivity (Wildman–Crippen MR) is 73.4 cm³/mol. The second kappa shape index (κ2) is 4.02. The van der Waals surface area contributed by atoms with Crippen LogP contribution in [0.1, 0.15) is 0 Å². The average Bonchev–Trinajstić information content (AvgIpc) is 2.46. The van der Waals surface area contributed by atoms with Gasteiger partial charge in [-0.2, -0.15) is 0 Å². The van der Waals surface area contributed by atoms with E-state index >= 15 is 0 Å². The van der Waals surface area contributed by atoms with E-state index in [9.17, 15) is 0 Å². The van der Waals surface area contributed by atoms with Crippen molar-refractivity contribution in [2.24, 2.45) is 0 Å². The topological polar surface area (TPSA) is 0 Å². The van der Waals surface area contributed by atoms with E-state index in [0.717, 1.165) is 0 Å². The SMILES string of the molecule is ClC1=C(Cl)[C@]2(Cl)C(Cl)=C(Cl)C(Cl)(Cl)C2=C1Cl. The fourth-order valence-electron chi connectivity index (χ4n) is 1.58. The molecule has 0 aromatic heterocycles. The highest BCUT2D eigenvalue weighted by molar-refractivity contribution is 6.66. The van der Waals surface area contributed by atoms with Gasteiger partial charge in [0.25, 0.3) is 0 Å². The molecule has 16 heavy (non-hydrogen) atoms. The Morgan fingerprint density at radius 1 is 0.625 bits per heavy atom. The second-order valence-electron chi connectivity index (χ2n) is 3.18. The van der Waals surface area contributed by atoms with Crippen LogP contribution in [0.25, 0.3) is 0 Å². The lowest BCUT2D eigenvalue weighted by atomic mass is 10.1. The van der Waals surface area contributed by atoms with E-state index in [1.807, 2.05) is 0 Å². The molecular weight excluding hydrogens is 380 g/mol. The molecule has 0 fully saturated rings. The molecule has 2 rings (SSSR count). The number of hydrogen-bond donors (Lipinski definition) is 0. The second-order valence-corrected chi connectivity index (χ2v) is 6.96. The molecule has 1 atom stereocenters. The zero-order valence-corrected chi connectivity index (χ0v) is 13.1. The van der Waals surface area contributed by atoms with Crippen LogP contribution in [-0.4, -0.2) is 9.21 Å². The van der Waals surface area contributed by atoms with Gasteiger partial charge in [0.1, 0.15) is 4.87 Å². The molecule has 0 saturated carbocycles. The van der Waals surface area contributed by atoms with Gasteiger partial charge in [-0.15, -0.1) is 11.6 Å². The van der Waals surface area contributed by atoms with Gasteiger partial charge in [-0.3, -0.25) is 0 Å². The van der Waals surface area contributed by atoms with E-state index in [4.69, 9.17) is 92.8 Å². The monoisotopic (exact) mass is 376 g/mol. The van der Waals surface area contributed by atoms with Gasteiger partial charge in [0, 0.05) is 5.57 Å². The average molecular weight is 380 g/mol. The molecule has 0 saturated heterocycles. The van der Waals surface area contributed by atoms with Crippen molar-refractivity contribution < 1.29 is 0 Å². The Kier molecular flexibility index (Phi) is 3.50. The summed E-state index contributed by atoms with van der Waals surface area (Å²) in [5, 5.41) is 0.168. The van der Waals surface area contributed by atoms with Gasteiger partial charge in [0.05, 0.1) is 25.2 Å². The number of rotatable bonds is 0. The minimum atomic E-state index is -1.62. The van der Waals surface area contributed by atoms with E-state index in [2.05, 4.69) is 0 Å². The van der Waals surface area contributed by atoms with Gasteiger partial charge in [-0.25, -0.2) is 0 Å². The molecule has 0 aromatic rings. The van der Waals surface area contributed by atoms with Crippen LogP contribution >= 0.6 is 92.8 Å². The normalized spacial score (nSPS) is 33.0. The third-order valence-corrected chi connectivity index (χ3v) is 6.51. The summed E-state index contributed by atoms with van der Waals surface area (Å²) in [6.07, 6.45) is 0. The summed E-state index contributed by atoms with van der Waals surface area (Å²) in [5.41, 5.74) is 0.177. The first-order valence-corrected chi connectivity index (χ1v) is 6.79. The molecular formula is C8Cl8. The molecule has 2 aliphatic carbocycles. The molecule has 0 amide bonds. The summed E-state index contributed by atoms with van der Waals surface area (Å²) >= 11 is 48.1. The first kappa shape index (κ1) is 14.0. The molecule has 88 valence electrons. The van der Waals surface area contributed by atoms with Crippen molar-refractivity contribution in [3.8, 4) is 0 Å². The molecule has 0 heterocycles. The largest absolute Gasteiger partial charge is 0.179 e. The molecule has 0 N–H and O–H groups in total. The third kappa shape index (κ3) is 1.45. The first-order chi connectivity index (χ1) is 7.16. The van der Waals surface area contributed by atoms with Gasteiger partial charge in [-0.1, -0.05) is 81.2 Å². The van der Waals surface area contributed by atoms with Crippen LogP contribution in [0.5, 0.6) is 0 Å². The van der Waals surface area contributed by atoms with Crippen molar-refractivity contribution in [1.82, 2.24) is 0 Å². The zero-order chi connectivity index (χ0) is 12.5. The highest BCUT2D eigenvalue weighted by Crippen LogP contribution is 2.67. The Balaban J connectivity index is 2.83. The molecule has 0 radical (unpaired) electrons. The van der Waals surface area contributed by atoms with Crippen molar-refractivity contribution in [1.29, 1.82) is 0 Å². The third-order valence-electron chi connectivity index (χ3n) is 2.34. The first-order valence-electron chi connectivity index (χ1n) is 3.76. The lowest BCUT2D eigenvalue weighted by molar-refractivity contribution is 0.988. The Hall–Kier alpha value is 1.54. The Labute approximate surface area is 132 Å². The number of hydrogen-bond acceptors (Lipinski definition) is 0. The minimum Gasteiger partial charge on any atom is -0.102 e. The van der Waals surface area contributed by atoms with Crippen LogP contribution in [0.15, 0.2) is 30.7 Å². The summed E-state index contributed by atoms with van der Waals surface area (Å²) in [7, 11) is 0. The molecule has 0 spiro atoms. The van der Waals surface area contributed by atoms with Crippen LogP contribution in [0.2, 0.25) is 0 Å². The lowest BCUT2D eigenvalue weighted by Crippen LogP contribution is -2.25. The number of halogens is 8. The van der Waals surface area contributed by atoms with Crippen LogP contribution < -0.4 is 0 Å². The zero-order valence-electron chi connectivity index (χ0n) is 7.02. The van der Waals surface area contributed by atoms with Crippen LogP contribution in [0.3, 0.4) is 0 Å². The summed E-state index contributed by atoms with van der Waals surface area (Å²) in [4.78, 5) is -1.45. The van der Waals surface area contributed by atoms with Crippen molar-refractivity contribution >= 4 is 92.8 Å². The molecule has 0 aliphatic heterocycles. The number of fused-ring (bicyclic) bond motifs is 1. The lowest BCUT2D eigenvalue weighted by Gasteiger charge is -2.23. The molecule has 0 unspecified atom stereocenters. The Morgan fingerprint density at radius 2 is 1.12 bits per heavy atom. The summed E-state index contributed by atoms with van der Waals surface area (Å²) < 4.78 is -1.62. The standard InChI is InChI=1S/C8Cl8/c9-1-2(10)4(11)7(14)3(1)8(15,16)6(13)5(7)12/t7-/m0/s1. The predicted octanol–water partition coefficient (Wildman–Crippen LogP) is 6.04. The van der Waals surface area contributed by atoms with Gasteiger partial charge in [0.15, 0.2) is 4.33 Å². The van der Waals surface area contributed by atoms with Crippen molar-refractivity contribution in [3.05, 3.63) is 30.7 Å². The highest BCUT2D eigenvalue weighted by Gasteiger charge is 2.62. The highest BCUT2D eigenvalue weighted by atomic mass is 35.5. The smallest absolute Gasteiger partial charge is 0.102 e. The molecule has 0 nitrogen and oxygen atoms in total. The maximum Gasteiger partial charge on any atom is 0.179 e. The molecule has 2 aliphatic rings.